The lowest BCUT2D eigenvalue weighted by atomic mass is 9.75. The van der Waals surface area contributed by atoms with Gasteiger partial charge >= 0.3 is 6.18 Å². The van der Waals surface area contributed by atoms with Crippen molar-refractivity contribution in [3.8, 4) is 0 Å². The molecular formula is C23H36F3N3O3. The van der Waals surface area contributed by atoms with E-state index in [1.165, 1.54) is 17.0 Å². The predicted molar refractivity (Wildman–Crippen MR) is 118 cm³/mol. The number of pyridine rings is 1. The highest BCUT2D eigenvalue weighted by molar-refractivity contribution is 5.92. The van der Waals surface area contributed by atoms with Gasteiger partial charge in [0.25, 0.3) is 0 Å². The Bertz CT molecular complexity index is 709. The molecule has 0 bridgehead atoms. The summed E-state index contributed by atoms with van der Waals surface area (Å²) in [5.74, 6) is -0.164. The highest BCUT2D eigenvalue weighted by Gasteiger charge is 2.37. The van der Waals surface area contributed by atoms with Crippen molar-refractivity contribution in [3.63, 3.8) is 0 Å². The van der Waals surface area contributed by atoms with Crippen molar-refractivity contribution < 1.29 is 27.4 Å². The maximum Gasteiger partial charge on any atom is 0.433 e. The van der Waals surface area contributed by atoms with Crippen LogP contribution in [0.1, 0.15) is 51.6 Å². The van der Waals surface area contributed by atoms with Crippen LogP contribution < -0.4 is 4.90 Å². The fourth-order valence-corrected chi connectivity index (χ4v) is 4.05. The van der Waals surface area contributed by atoms with Crippen LogP contribution in [0.3, 0.4) is 0 Å². The molecule has 1 fully saturated rings. The number of hydrogen-bond acceptors (Lipinski definition) is 5. The molecule has 1 amide bonds. The fourth-order valence-electron chi connectivity index (χ4n) is 4.05. The molecule has 182 valence electrons. The van der Waals surface area contributed by atoms with E-state index in [0.29, 0.717) is 33.0 Å². The number of ether oxygens (including phenoxy) is 2. The van der Waals surface area contributed by atoms with Gasteiger partial charge < -0.3 is 14.4 Å². The minimum Gasteiger partial charge on any atom is -0.381 e. The van der Waals surface area contributed by atoms with Gasteiger partial charge in [0.2, 0.25) is 5.91 Å². The third-order valence-electron chi connectivity index (χ3n) is 6.02. The van der Waals surface area contributed by atoms with Gasteiger partial charge in [0.15, 0.2) is 0 Å². The smallest absolute Gasteiger partial charge is 0.381 e. The molecule has 0 saturated carbocycles. The average molecular weight is 460 g/mol. The molecule has 0 N–H and O–H groups in total. The molecule has 2 rings (SSSR count). The zero-order chi connectivity index (χ0) is 23.6. The van der Waals surface area contributed by atoms with E-state index in [1.54, 1.807) is 6.92 Å². The van der Waals surface area contributed by atoms with Gasteiger partial charge in [0, 0.05) is 39.3 Å². The molecule has 0 unspecified atom stereocenters. The minimum absolute atomic E-state index is 0.0615. The van der Waals surface area contributed by atoms with Gasteiger partial charge in [-0.15, -0.1) is 0 Å². The van der Waals surface area contributed by atoms with E-state index in [2.05, 4.69) is 16.9 Å². The monoisotopic (exact) mass is 459 g/mol. The molecule has 1 aromatic heterocycles. The van der Waals surface area contributed by atoms with Crippen molar-refractivity contribution in [3.05, 3.63) is 23.9 Å². The van der Waals surface area contributed by atoms with Crippen LogP contribution in [0, 0.1) is 5.41 Å². The largest absolute Gasteiger partial charge is 0.433 e. The number of anilines is 1. The van der Waals surface area contributed by atoms with E-state index in [0.717, 1.165) is 44.8 Å². The summed E-state index contributed by atoms with van der Waals surface area (Å²) in [5.41, 5.74) is -1.19. The SMILES string of the molecule is CCOCCN(C)CCCC1(CN(C(=O)CC)c2cccc(C(F)(F)F)n2)CCOCC1. The summed E-state index contributed by atoms with van der Waals surface area (Å²) in [4.78, 5) is 20.2. The Morgan fingerprint density at radius 3 is 2.56 bits per heavy atom. The molecule has 2 heterocycles. The molecule has 1 aliphatic rings. The number of rotatable bonds is 12. The maximum absolute atomic E-state index is 13.2. The molecular weight excluding hydrogens is 423 g/mol. The first-order valence-electron chi connectivity index (χ1n) is 11.4. The number of alkyl halides is 3. The van der Waals surface area contributed by atoms with Crippen molar-refractivity contribution >= 4 is 11.7 Å². The van der Waals surface area contributed by atoms with Crippen LogP contribution in [-0.4, -0.2) is 68.9 Å². The topological polar surface area (TPSA) is 54.9 Å². The van der Waals surface area contributed by atoms with Crippen LogP contribution in [0.4, 0.5) is 19.0 Å². The maximum atomic E-state index is 13.2. The number of amides is 1. The number of aromatic nitrogens is 1. The second-order valence-electron chi connectivity index (χ2n) is 8.43. The Morgan fingerprint density at radius 2 is 1.94 bits per heavy atom. The van der Waals surface area contributed by atoms with Crippen molar-refractivity contribution in [1.29, 1.82) is 0 Å². The lowest BCUT2D eigenvalue weighted by molar-refractivity contribution is -0.141. The number of halogens is 3. The summed E-state index contributed by atoms with van der Waals surface area (Å²) in [6.45, 7) is 8.32. The van der Waals surface area contributed by atoms with Crippen molar-refractivity contribution in [2.75, 3.05) is 58.0 Å². The van der Waals surface area contributed by atoms with Crippen LogP contribution in [0.25, 0.3) is 0 Å². The lowest BCUT2D eigenvalue weighted by Gasteiger charge is -2.41. The number of carbonyl (C=O) groups excluding carboxylic acids is 1. The van der Waals surface area contributed by atoms with E-state index in [1.807, 2.05) is 6.92 Å². The number of likely N-dealkylation sites (N-methyl/N-ethyl adjacent to an activating group) is 1. The Kier molecular flexibility index (Phi) is 10.4. The van der Waals surface area contributed by atoms with E-state index in [4.69, 9.17) is 9.47 Å². The van der Waals surface area contributed by atoms with Crippen LogP contribution in [0.5, 0.6) is 0 Å². The first-order valence-corrected chi connectivity index (χ1v) is 11.4. The summed E-state index contributed by atoms with van der Waals surface area (Å²) in [6.07, 6.45) is -1.04. The second kappa shape index (κ2) is 12.5. The molecule has 1 saturated heterocycles. The Labute approximate surface area is 189 Å². The fraction of sp³-hybridized carbons (Fsp3) is 0.739. The van der Waals surface area contributed by atoms with Crippen LogP contribution in [0.2, 0.25) is 0 Å². The van der Waals surface area contributed by atoms with Crippen LogP contribution in [-0.2, 0) is 20.4 Å². The van der Waals surface area contributed by atoms with Gasteiger partial charge in [0.05, 0.1) is 6.61 Å². The lowest BCUT2D eigenvalue weighted by Crippen LogP contribution is -2.45. The van der Waals surface area contributed by atoms with Crippen molar-refractivity contribution in [2.24, 2.45) is 5.41 Å². The second-order valence-corrected chi connectivity index (χ2v) is 8.43. The molecule has 0 atom stereocenters. The summed E-state index contributed by atoms with van der Waals surface area (Å²) < 4.78 is 50.6. The summed E-state index contributed by atoms with van der Waals surface area (Å²) >= 11 is 0. The standard InChI is InChI=1S/C23H36F3N3O3/c1-4-21(30)29(20-9-6-8-19(27-20)23(24,25)26)18-22(11-15-32-16-12-22)10-7-13-28(3)14-17-31-5-2/h6,8-9H,4-5,7,10-18H2,1-3H3. The highest BCUT2D eigenvalue weighted by atomic mass is 19.4. The van der Waals surface area contributed by atoms with Crippen molar-refractivity contribution in [2.45, 2.75) is 52.1 Å². The molecule has 0 radical (unpaired) electrons. The number of carbonyl (C=O) groups is 1. The zero-order valence-corrected chi connectivity index (χ0v) is 19.4. The number of nitrogens with zero attached hydrogens (tertiary/aromatic N) is 3. The quantitative estimate of drug-likeness (QED) is 0.434. The Balaban J connectivity index is 2.15. The van der Waals surface area contributed by atoms with Gasteiger partial charge in [-0.2, -0.15) is 13.2 Å². The molecule has 1 aliphatic heterocycles. The molecule has 0 spiro atoms. The van der Waals surface area contributed by atoms with Gasteiger partial charge in [-0.3, -0.25) is 9.69 Å². The van der Waals surface area contributed by atoms with E-state index in [-0.39, 0.29) is 23.6 Å². The average Bonchev–Trinajstić information content (AvgIpc) is 2.77. The first kappa shape index (κ1) is 26.5. The summed E-state index contributed by atoms with van der Waals surface area (Å²) in [7, 11) is 2.05. The minimum atomic E-state index is -4.56. The molecule has 1 aromatic rings. The number of hydrogen-bond donors (Lipinski definition) is 0. The van der Waals surface area contributed by atoms with E-state index in [9.17, 15) is 18.0 Å². The predicted octanol–water partition coefficient (Wildman–Crippen LogP) is 4.39. The van der Waals surface area contributed by atoms with Crippen LogP contribution >= 0.6 is 0 Å². The van der Waals surface area contributed by atoms with Gasteiger partial charge in [-0.25, -0.2) is 4.98 Å². The normalized spacial score (nSPS) is 16.3. The first-order chi connectivity index (χ1) is 15.2. The molecule has 0 aliphatic carbocycles. The van der Waals surface area contributed by atoms with E-state index < -0.39 is 11.9 Å². The third-order valence-corrected chi connectivity index (χ3v) is 6.02. The van der Waals surface area contributed by atoms with Crippen molar-refractivity contribution in [1.82, 2.24) is 9.88 Å². The highest BCUT2D eigenvalue weighted by Crippen LogP contribution is 2.38. The van der Waals surface area contributed by atoms with Gasteiger partial charge in [0.1, 0.15) is 11.5 Å². The zero-order valence-electron chi connectivity index (χ0n) is 19.4. The Morgan fingerprint density at radius 1 is 1.22 bits per heavy atom. The summed E-state index contributed by atoms with van der Waals surface area (Å²) in [6, 6.07) is 3.73. The van der Waals surface area contributed by atoms with Gasteiger partial charge in [-0.05, 0) is 63.7 Å². The molecule has 0 aromatic carbocycles. The summed E-state index contributed by atoms with van der Waals surface area (Å²) in [5, 5.41) is 0. The van der Waals surface area contributed by atoms with E-state index >= 15 is 0 Å². The molecule has 6 nitrogen and oxygen atoms in total. The van der Waals surface area contributed by atoms with Gasteiger partial charge in [-0.1, -0.05) is 13.0 Å². The third kappa shape index (κ3) is 8.01. The van der Waals surface area contributed by atoms with Crippen LogP contribution in [0.15, 0.2) is 18.2 Å². The molecule has 32 heavy (non-hydrogen) atoms. The molecule has 9 heteroatoms. The Hall–Kier alpha value is -1.71.